The fraction of sp³-hybridized carbons (Fsp3) is 0. The van der Waals surface area contributed by atoms with Crippen molar-refractivity contribution in [2.45, 2.75) is 0 Å². The normalized spacial score (nSPS) is 10.4. The van der Waals surface area contributed by atoms with E-state index in [1.807, 2.05) is 0 Å². The van der Waals surface area contributed by atoms with Gasteiger partial charge in [0, 0.05) is 6.07 Å². The van der Waals surface area contributed by atoms with Gasteiger partial charge in [-0.1, -0.05) is 29.3 Å². The number of hydrogen-bond acceptors (Lipinski definition) is 2. The number of nitrogens with one attached hydrogen (secondary N) is 1. The Morgan fingerprint density at radius 2 is 1.85 bits per heavy atom. The van der Waals surface area contributed by atoms with E-state index in [4.69, 9.17) is 28.9 Å². The summed E-state index contributed by atoms with van der Waals surface area (Å²) in [5.41, 5.74) is 4.81. The van der Waals surface area contributed by atoms with Gasteiger partial charge in [0.05, 0.1) is 27.0 Å². The predicted octanol–water partition coefficient (Wildman–Crippen LogP) is 4.11. The summed E-state index contributed by atoms with van der Waals surface area (Å²) >= 11 is 11.7. The van der Waals surface area contributed by atoms with E-state index in [9.17, 15) is 13.6 Å². The lowest BCUT2D eigenvalue weighted by atomic mass is 10.1. The number of rotatable bonds is 2. The van der Waals surface area contributed by atoms with E-state index in [-0.39, 0.29) is 27.0 Å². The average molecular weight is 317 g/mol. The highest BCUT2D eigenvalue weighted by atomic mass is 35.5. The van der Waals surface area contributed by atoms with Crippen LogP contribution in [0, 0.1) is 11.6 Å². The number of anilines is 2. The molecule has 0 aliphatic carbocycles. The second-order valence-electron chi connectivity index (χ2n) is 3.91. The molecule has 0 aliphatic heterocycles. The van der Waals surface area contributed by atoms with Crippen LogP contribution in [-0.4, -0.2) is 5.91 Å². The number of carbonyl (C=O) groups is 1. The van der Waals surface area contributed by atoms with Gasteiger partial charge in [0.25, 0.3) is 5.91 Å². The summed E-state index contributed by atoms with van der Waals surface area (Å²) in [6.45, 7) is 0. The van der Waals surface area contributed by atoms with Crippen LogP contribution in [0.2, 0.25) is 10.0 Å². The second-order valence-corrected chi connectivity index (χ2v) is 4.69. The number of benzene rings is 2. The van der Waals surface area contributed by atoms with E-state index < -0.39 is 17.5 Å². The van der Waals surface area contributed by atoms with Crippen molar-refractivity contribution in [2.75, 3.05) is 11.1 Å². The molecule has 2 aromatic rings. The lowest BCUT2D eigenvalue weighted by molar-refractivity contribution is 0.102. The first-order valence-corrected chi connectivity index (χ1v) is 6.15. The quantitative estimate of drug-likeness (QED) is 0.819. The fourth-order valence-corrected chi connectivity index (χ4v) is 1.88. The molecule has 2 rings (SSSR count). The Morgan fingerprint density at radius 1 is 1.15 bits per heavy atom. The zero-order valence-corrected chi connectivity index (χ0v) is 11.4. The Bertz CT molecular complexity index is 692. The third kappa shape index (κ3) is 2.84. The van der Waals surface area contributed by atoms with Gasteiger partial charge in [0.2, 0.25) is 0 Å². The summed E-state index contributed by atoms with van der Waals surface area (Å²) in [7, 11) is 0. The molecule has 0 bridgehead atoms. The Labute approximate surface area is 123 Å². The maximum Gasteiger partial charge on any atom is 0.258 e. The van der Waals surface area contributed by atoms with Crippen LogP contribution in [0.15, 0.2) is 30.3 Å². The summed E-state index contributed by atoms with van der Waals surface area (Å²) in [5.74, 6) is -2.76. The molecule has 0 fully saturated rings. The van der Waals surface area contributed by atoms with Crippen molar-refractivity contribution in [2.24, 2.45) is 0 Å². The molecule has 0 saturated heterocycles. The van der Waals surface area contributed by atoms with Crippen LogP contribution in [0.3, 0.4) is 0 Å². The number of nitrogen functional groups attached to an aromatic ring is 1. The molecule has 0 spiro atoms. The van der Waals surface area contributed by atoms with Gasteiger partial charge in [0.15, 0.2) is 0 Å². The van der Waals surface area contributed by atoms with E-state index in [0.717, 1.165) is 6.07 Å². The second kappa shape index (κ2) is 5.64. The van der Waals surface area contributed by atoms with Crippen molar-refractivity contribution >= 4 is 40.5 Å². The SMILES string of the molecule is Nc1cc(C(=O)Nc2cccc(Cl)c2Cl)c(F)cc1F. The lowest BCUT2D eigenvalue weighted by Gasteiger charge is -2.09. The molecule has 0 radical (unpaired) electrons. The summed E-state index contributed by atoms with van der Waals surface area (Å²) < 4.78 is 26.6. The minimum Gasteiger partial charge on any atom is -0.396 e. The Hall–Kier alpha value is -1.85. The topological polar surface area (TPSA) is 55.1 Å². The molecule has 0 heterocycles. The standard InChI is InChI=1S/C13H8Cl2F2N2O/c14-7-2-1-3-11(12(7)15)19-13(20)6-4-10(18)9(17)5-8(6)16/h1-5H,18H2,(H,19,20). The van der Waals surface area contributed by atoms with Gasteiger partial charge in [-0.3, -0.25) is 4.79 Å². The minimum absolute atomic E-state index is 0.123. The highest BCUT2D eigenvalue weighted by Gasteiger charge is 2.16. The first kappa shape index (κ1) is 14.6. The number of carbonyl (C=O) groups excluding carboxylic acids is 1. The van der Waals surface area contributed by atoms with Gasteiger partial charge in [0.1, 0.15) is 11.6 Å². The van der Waals surface area contributed by atoms with E-state index in [1.165, 1.54) is 12.1 Å². The van der Waals surface area contributed by atoms with Crippen molar-refractivity contribution in [1.82, 2.24) is 0 Å². The van der Waals surface area contributed by atoms with Crippen LogP contribution >= 0.6 is 23.2 Å². The summed E-state index contributed by atoms with van der Waals surface area (Å²) in [6, 6.07) is 6.06. The molecule has 2 aromatic carbocycles. The van der Waals surface area contributed by atoms with Crippen molar-refractivity contribution in [3.63, 3.8) is 0 Å². The maximum atomic E-state index is 13.5. The summed E-state index contributed by atoms with van der Waals surface area (Å²) in [4.78, 5) is 11.9. The smallest absolute Gasteiger partial charge is 0.258 e. The molecule has 0 aliphatic rings. The molecule has 7 heteroatoms. The van der Waals surface area contributed by atoms with Crippen LogP contribution in [0.1, 0.15) is 10.4 Å². The third-order valence-corrected chi connectivity index (χ3v) is 3.35. The number of hydrogen-bond donors (Lipinski definition) is 2. The number of halogens is 4. The van der Waals surface area contributed by atoms with Gasteiger partial charge in [-0.05, 0) is 18.2 Å². The molecule has 3 N–H and O–H groups in total. The molecular formula is C13H8Cl2F2N2O. The van der Waals surface area contributed by atoms with E-state index >= 15 is 0 Å². The van der Waals surface area contributed by atoms with Gasteiger partial charge in [-0.25, -0.2) is 8.78 Å². The monoisotopic (exact) mass is 316 g/mol. The largest absolute Gasteiger partial charge is 0.396 e. The third-order valence-electron chi connectivity index (χ3n) is 2.53. The zero-order valence-electron chi connectivity index (χ0n) is 9.88. The van der Waals surface area contributed by atoms with Gasteiger partial charge >= 0.3 is 0 Å². The summed E-state index contributed by atoms with van der Waals surface area (Å²) in [6.07, 6.45) is 0. The Kier molecular flexibility index (Phi) is 4.11. The maximum absolute atomic E-state index is 13.5. The van der Waals surface area contributed by atoms with Crippen molar-refractivity contribution < 1.29 is 13.6 Å². The van der Waals surface area contributed by atoms with E-state index in [1.54, 1.807) is 6.07 Å². The number of nitrogens with two attached hydrogens (primary N) is 1. The van der Waals surface area contributed by atoms with Gasteiger partial charge < -0.3 is 11.1 Å². The molecule has 0 saturated carbocycles. The highest BCUT2D eigenvalue weighted by molar-refractivity contribution is 6.44. The van der Waals surface area contributed by atoms with E-state index in [0.29, 0.717) is 6.07 Å². The van der Waals surface area contributed by atoms with Crippen molar-refractivity contribution in [3.8, 4) is 0 Å². The summed E-state index contributed by atoms with van der Waals surface area (Å²) in [5, 5.41) is 2.74. The highest BCUT2D eigenvalue weighted by Crippen LogP contribution is 2.30. The molecule has 20 heavy (non-hydrogen) atoms. The Morgan fingerprint density at radius 3 is 2.55 bits per heavy atom. The van der Waals surface area contributed by atoms with Crippen LogP contribution in [0.5, 0.6) is 0 Å². The molecule has 0 atom stereocenters. The molecule has 0 unspecified atom stereocenters. The van der Waals surface area contributed by atoms with Crippen LogP contribution < -0.4 is 11.1 Å². The first-order valence-electron chi connectivity index (χ1n) is 5.40. The molecule has 0 aromatic heterocycles. The van der Waals surface area contributed by atoms with E-state index in [2.05, 4.69) is 5.32 Å². The Balaban J connectivity index is 2.33. The molecular weight excluding hydrogens is 309 g/mol. The first-order chi connectivity index (χ1) is 9.40. The van der Waals surface area contributed by atoms with Crippen molar-refractivity contribution in [3.05, 3.63) is 57.6 Å². The van der Waals surface area contributed by atoms with Crippen LogP contribution in [0.25, 0.3) is 0 Å². The van der Waals surface area contributed by atoms with Crippen molar-refractivity contribution in [1.29, 1.82) is 0 Å². The fourth-order valence-electron chi connectivity index (χ4n) is 1.53. The van der Waals surface area contributed by atoms with Crippen LogP contribution in [0.4, 0.5) is 20.2 Å². The van der Waals surface area contributed by atoms with Gasteiger partial charge in [-0.15, -0.1) is 0 Å². The molecule has 104 valence electrons. The van der Waals surface area contributed by atoms with Crippen LogP contribution in [-0.2, 0) is 0 Å². The molecule has 3 nitrogen and oxygen atoms in total. The minimum atomic E-state index is -1.02. The average Bonchev–Trinajstić information content (AvgIpc) is 2.39. The molecule has 1 amide bonds. The zero-order chi connectivity index (χ0) is 14.9. The lowest BCUT2D eigenvalue weighted by Crippen LogP contribution is -2.15. The van der Waals surface area contributed by atoms with Gasteiger partial charge in [-0.2, -0.15) is 0 Å². The number of amides is 1. The predicted molar refractivity (Wildman–Crippen MR) is 75.2 cm³/mol.